The van der Waals surface area contributed by atoms with Crippen LogP contribution in [0.2, 0.25) is 0 Å². The fourth-order valence-corrected chi connectivity index (χ4v) is 4.01. The fraction of sp³-hybridized carbons (Fsp3) is 0.364. The first-order chi connectivity index (χ1) is 13.9. The number of imidazole rings is 1. The first-order valence-electron chi connectivity index (χ1n) is 9.81. The van der Waals surface area contributed by atoms with Crippen molar-refractivity contribution < 1.29 is 14.3 Å². The van der Waals surface area contributed by atoms with Crippen molar-refractivity contribution in [2.75, 3.05) is 20.1 Å². The lowest BCUT2D eigenvalue weighted by Gasteiger charge is -2.40. The van der Waals surface area contributed by atoms with Gasteiger partial charge in [0.15, 0.2) is 5.60 Å². The number of fused-ring (bicyclic) bond motifs is 1. The molecule has 1 saturated heterocycles. The fourth-order valence-electron chi connectivity index (χ4n) is 4.01. The zero-order chi connectivity index (χ0) is 20.4. The van der Waals surface area contributed by atoms with Gasteiger partial charge in [-0.2, -0.15) is 0 Å². The third-order valence-corrected chi connectivity index (χ3v) is 5.38. The van der Waals surface area contributed by atoms with E-state index >= 15 is 0 Å². The van der Waals surface area contributed by atoms with Crippen LogP contribution in [0.1, 0.15) is 24.2 Å². The van der Waals surface area contributed by atoms with Crippen molar-refractivity contribution in [2.24, 2.45) is 0 Å². The van der Waals surface area contributed by atoms with Crippen LogP contribution >= 0.6 is 0 Å². The zero-order valence-corrected chi connectivity index (χ0v) is 16.4. The maximum absolute atomic E-state index is 13.1. The number of hydrogen-bond acceptors (Lipinski definition) is 4. The summed E-state index contributed by atoms with van der Waals surface area (Å²) < 4.78 is 13.1. The van der Waals surface area contributed by atoms with E-state index in [1.54, 1.807) is 17.0 Å². The highest BCUT2D eigenvalue weighted by Crippen LogP contribution is 2.25. The molecule has 29 heavy (non-hydrogen) atoms. The highest BCUT2D eigenvalue weighted by Gasteiger charge is 2.42. The van der Waals surface area contributed by atoms with Crippen molar-refractivity contribution in [1.82, 2.24) is 19.8 Å². The Bertz CT molecular complexity index is 970. The second kappa shape index (κ2) is 7.93. The lowest BCUT2D eigenvalue weighted by Crippen LogP contribution is -2.57. The Morgan fingerprint density at radius 3 is 2.76 bits per heavy atom. The first-order valence-corrected chi connectivity index (χ1v) is 9.81. The number of carbonyl (C=O) groups is 1. The number of H-pyrrole nitrogens is 1. The molecule has 1 aromatic heterocycles. The van der Waals surface area contributed by atoms with Crippen LogP contribution < -0.4 is 0 Å². The molecule has 1 aliphatic rings. The van der Waals surface area contributed by atoms with Gasteiger partial charge in [0.05, 0.1) is 17.6 Å². The van der Waals surface area contributed by atoms with Gasteiger partial charge < -0.3 is 15.0 Å². The van der Waals surface area contributed by atoms with E-state index in [0.29, 0.717) is 26.1 Å². The van der Waals surface area contributed by atoms with Gasteiger partial charge in [0.1, 0.15) is 11.6 Å². The van der Waals surface area contributed by atoms with Crippen molar-refractivity contribution in [2.45, 2.75) is 31.5 Å². The number of rotatable bonds is 6. The van der Waals surface area contributed by atoms with E-state index in [0.717, 1.165) is 28.8 Å². The monoisotopic (exact) mass is 396 g/mol. The summed E-state index contributed by atoms with van der Waals surface area (Å²) >= 11 is 0. The highest BCUT2D eigenvalue weighted by molar-refractivity contribution is 5.86. The number of amides is 1. The predicted molar refractivity (Wildman–Crippen MR) is 108 cm³/mol. The SMILES string of the molecule is CN(Cc1nc2ccccc2[nH]1)CC1(O)CCCN(Cc2ccc(F)cc2)C1=O. The van der Waals surface area contributed by atoms with Crippen molar-refractivity contribution in [3.63, 3.8) is 0 Å². The molecule has 0 aliphatic carbocycles. The van der Waals surface area contributed by atoms with E-state index in [1.807, 2.05) is 36.2 Å². The molecule has 4 rings (SSSR count). The Labute approximate surface area is 169 Å². The second-order valence-corrected chi connectivity index (χ2v) is 7.86. The molecule has 0 saturated carbocycles. The number of nitrogens with zero attached hydrogens (tertiary/aromatic N) is 3. The third kappa shape index (κ3) is 4.31. The van der Waals surface area contributed by atoms with Gasteiger partial charge >= 0.3 is 0 Å². The number of likely N-dealkylation sites (N-methyl/N-ethyl adjacent to an activating group) is 1. The third-order valence-electron chi connectivity index (χ3n) is 5.38. The maximum atomic E-state index is 13.1. The van der Waals surface area contributed by atoms with Crippen LogP contribution in [-0.2, 0) is 17.9 Å². The number of carbonyl (C=O) groups excluding carboxylic acids is 1. The van der Waals surface area contributed by atoms with Crippen molar-refractivity contribution in [3.8, 4) is 0 Å². The molecule has 152 valence electrons. The Morgan fingerprint density at radius 1 is 1.24 bits per heavy atom. The Balaban J connectivity index is 1.42. The number of aliphatic hydroxyl groups is 1. The lowest BCUT2D eigenvalue weighted by molar-refractivity contribution is -0.160. The van der Waals surface area contributed by atoms with E-state index < -0.39 is 5.60 Å². The average molecular weight is 396 g/mol. The minimum Gasteiger partial charge on any atom is -0.379 e. The topological polar surface area (TPSA) is 72.5 Å². The van der Waals surface area contributed by atoms with Gasteiger partial charge in [-0.15, -0.1) is 0 Å². The van der Waals surface area contributed by atoms with Crippen molar-refractivity contribution >= 4 is 16.9 Å². The Kier molecular flexibility index (Phi) is 5.34. The van der Waals surface area contributed by atoms with Gasteiger partial charge in [0.25, 0.3) is 5.91 Å². The molecule has 3 aromatic rings. The standard InChI is InChI=1S/C22H25FN4O2/c1-26(14-20-24-18-5-2-3-6-19(18)25-20)15-22(29)11-4-12-27(21(22)28)13-16-7-9-17(23)10-8-16/h2-3,5-10,29H,4,11-15H2,1H3,(H,24,25). The number of likely N-dealkylation sites (tertiary alicyclic amines) is 1. The van der Waals surface area contributed by atoms with Gasteiger partial charge in [0.2, 0.25) is 0 Å². The van der Waals surface area contributed by atoms with Crippen molar-refractivity contribution in [1.29, 1.82) is 0 Å². The number of hydrogen-bond donors (Lipinski definition) is 2. The summed E-state index contributed by atoms with van der Waals surface area (Å²) in [6.45, 7) is 1.69. The summed E-state index contributed by atoms with van der Waals surface area (Å²) in [4.78, 5) is 24.4. The minimum absolute atomic E-state index is 0.225. The number of para-hydroxylation sites is 2. The van der Waals surface area contributed by atoms with E-state index in [9.17, 15) is 14.3 Å². The van der Waals surface area contributed by atoms with Gasteiger partial charge in [-0.05, 0) is 49.7 Å². The molecular weight excluding hydrogens is 371 g/mol. The summed E-state index contributed by atoms with van der Waals surface area (Å²) in [6, 6.07) is 13.9. The summed E-state index contributed by atoms with van der Waals surface area (Å²) in [5.74, 6) is 0.218. The highest BCUT2D eigenvalue weighted by atomic mass is 19.1. The van der Waals surface area contributed by atoms with Crippen LogP contribution in [0.3, 0.4) is 0 Å². The average Bonchev–Trinajstić information content (AvgIpc) is 3.09. The maximum Gasteiger partial charge on any atom is 0.256 e. The molecule has 1 amide bonds. The van der Waals surface area contributed by atoms with Crippen LogP contribution in [0, 0.1) is 5.82 Å². The number of nitrogens with one attached hydrogen (secondary N) is 1. The smallest absolute Gasteiger partial charge is 0.256 e. The second-order valence-electron chi connectivity index (χ2n) is 7.86. The molecular formula is C22H25FN4O2. The molecule has 2 heterocycles. The van der Waals surface area contributed by atoms with Crippen LogP contribution in [-0.4, -0.2) is 56.5 Å². The molecule has 2 aromatic carbocycles. The molecule has 6 nitrogen and oxygen atoms in total. The normalized spacial score (nSPS) is 20.0. The Morgan fingerprint density at radius 2 is 2.00 bits per heavy atom. The summed E-state index contributed by atoms with van der Waals surface area (Å²) in [7, 11) is 1.87. The van der Waals surface area contributed by atoms with Crippen LogP contribution in [0.15, 0.2) is 48.5 Å². The number of benzene rings is 2. The van der Waals surface area contributed by atoms with Crippen molar-refractivity contribution in [3.05, 3.63) is 65.7 Å². The van der Waals surface area contributed by atoms with Crippen LogP contribution in [0.25, 0.3) is 11.0 Å². The molecule has 0 radical (unpaired) electrons. The van der Waals surface area contributed by atoms with Gasteiger partial charge in [-0.3, -0.25) is 9.69 Å². The Hall–Kier alpha value is -2.77. The van der Waals surface area contributed by atoms with Gasteiger partial charge in [-0.25, -0.2) is 9.37 Å². The van der Waals surface area contributed by atoms with Gasteiger partial charge in [-0.1, -0.05) is 24.3 Å². The number of piperidine rings is 1. The van der Waals surface area contributed by atoms with E-state index in [1.165, 1.54) is 12.1 Å². The molecule has 1 atom stereocenters. The summed E-state index contributed by atoms with van der Waals surface area (Å²) in [6.07, 6.45) is 1.15. The van der Waals surface area contributed by atoms with E-state index in [4.69, 9.17) is 0 Å². The summed E-state index contributed by atoms with van der Waals surface area (Å²) in [5, 5.41) is 11.1. The number of aromatic nitrogens is 2. The molecule has 2 N–H and O–H groups in total. The molecule has 0 bridgehead atoms. The van der Waals surface area contributed by atoms with E-state index in [2.05, 4.69) is 9.97 Å². The lowest BCUT2D eigenvalue weighted by atomic mass is 9.91. The quantitative estimate of drug-likeness (QED) is 0.672. The first kappa shape index (κ1) is 19.5. The predicted octanol–water partition coefficient (Wildman–Crippen LogP) is 2.69. The number of halogens is 1. The zero-order valence-electron chi connectivity index (χ0n) is 16.4. The van der Waals surface area contributed by atoms with Crippen LogP contribution in [0.5, 0.6) is 0 Å². The van der Waals surface area contributed by atoms with E-state index in [-0.39, 0.29) is 18.3 Å². The molecule has 0 spiro atoms. The molecule has 7 heteroatoms. The molecule has 1 unspecified atom stereocenters. The van der Waals surface area contributed by atoms with Gasteiger partial charge in [0, 0.05) is 19.6 Å². The minimum atomic E-state index is -1.43. The van der Waals surface area contributed by atoms with Crippen LogP contribution in [0.4, 0.5) is 4.39 Å². The largest absolute Gasteiger partial charge is 0.379 e. The number of aromatic amines is 1. The summed E-state index contributed by atoms with van der Waals surface area (Å²) in [5.41, 5.74) is 1.28. The molecule has 1 fully saturated rings. The molecule has 1 aliphatic heterocycles.